The molecule has 0 aromatic heterocycles. The highest BCUT2D eigenvalue weighted by atomic mass is 32.2. The lowest BCUT2D eigenvalue weighted by atomic mass is 9.92. The van der Waals surface area contributed by atoms with Crippen molar-refractivity contribution >= 4 is 94.9 Å². The molecule has 0 spiro atoms. The van der Waals surface area contributed by atoms with Crippen LogP contribution in [0.3, 0.4) is 0 Å². The smallest absolute Gasteiger partial charge is 0.296 e. The second kappa shape index (κ2) is 15.2. The summed E-state index contributed by atoms with van der Waals surface area (Å²) < 4.78 is 69.7. The summed E-state index contributed by atoms with van der Waals surface area (Å²) in [6.07, 6.45) is 7.77. The van der Waals surface area contributed by atoms with Crippen LogP contribution in [0.1, 0.15) is 15.9 Å². The van der Waals surface area contributed by atoms with Crippen LogP contribution < -0.4 is 22.0 Å². The third kappa shape index (κ3) is 8.53. The van der Waals surface area contributed by atoms with Gasteiger partial charge in [-0.3, -0.25) is 39.8 Å². The second-order valence-corrected chi connectivity index (χ2v) is 14.3. The first-order valence-corrected chi connectivity index (χ1v) is 18.4. The Morgan fingerprint density at radius 3 is 1.55 bits per heavy atom. The zero-order chi connectivity index (χ0) is 40.4. The monoisotopic (exact) mass is 799 g/mol. The topological polar surface area (TPSA) is 324 Å². The summed E-state index contributed by atoms with van der Waals surface area (Å²) in [5.41, 5.74) is 12.4. The number of hydrazone groups is 3. The summed E-state index contributed by atoms with van der Waals surface area (Å²) in [4.78, 5) is 34.5. The van der Waals surface area contributed by atoms with E-state index in [-0.39, 0.29) is 34.3 Å². The fourth-order valence-corrected chi connectivity index (χ4v) is 6.32. The van der Waals surface area contributed by atoms with Crippen LogP contribution in [0.15, 0.2) is 138 Å². The van der Waals surface area contributed by atoms with Gasteiger partial charge in [0, 0.05) is 12.2 Å². The summed E-state index contributed by atoms with van der Waals surface area (Å²) in [6.45, 7) is 0. The minimum Gasteiger partial charge on any atom is -0.505 e. The highest BCUT2D eigenvalue weighted by Crippen LogP contribution is 2.41. The van der Waals surface area contributed by atoms with Crippen LogP contribution in [0.25, 0.3) is 6.08 Å². The van der Waals surface area contributed by atoms with Crippen LogP contribution in [0, 0.1) is 0 Å². The number of hydrogen-bond donors (Lipinski definition) is 8. The Labute approximate surface area is 315 Å². The summed E-state index contributed by atoms with van der Waals surface area (Å²) in [5.74, 6) is -2.66. The lowest BCUT2D eigenvalue weighted by Gasteiger charge is -2.20. The highest BCUT2D eigenvalue weighted by molar-refractivity contribution is 7.91. The highest BCUT2D eigenvalue weighted by Gasteiger charge is 2.37. The number of carbonyl (C=O) groups excluding carboxylic acids is 3. The molecule has 0 radical (unpaired) electrons. The van der Waals surface area contributed by atoms with Crippen LogP contribution >= 0.6 is 0 Å². The van der Waals surface area contributed by atoms with Crippen molar-refractivity contribution in [3.05, 3.63) is 119 Å². The molecule has 0 fully saturated rings. The summed E-state index contributed by atoms with van der Waals surface area (Å²) in [7, 11) is -10.3. The zero-order valence-corrected chi connectivity index (χ0v) is 29.6. The molecule has 0 amide bonds. The third-order valence-corrected chi connectivity index (χ3v) is 9.40. The molecular weight excluding hydrogens is 775 g/mol. The van der Waals surface area contributed by atoms with Gasteiger partial charge in [0.15, 0.2) is 17.3 Å². The molecule has 0 bridgehead atoms. The van der Waals surface area contributed by atoms with E-state index in [1.54, 1.807) is 0 Å². The average molecular weight is 800 g/mol. The van der Waals surface area contributed by atoms with Crippen molar-refractivity contribution in [2.45, 2.75) is 4.90 Å². The van der Waals surface area contributed by atoms with E-state index >= 15 is 0 Å². The third-order valence-electron chi connectivity index (χ3n) is 7.67. The molecule has 0 atom stereocenters. The minimum atomic E-state index is -5.17. The molecule has 0 saturated carbocycles. The molecule has 22 heteroatoms. The van der Waals surface area contributed by atoms with Gasteiger partial charge in [0.2, 0.25) is 5.78 Å². The minimum absolute atomic E-state index is 0.0925. The van der Waals surface area contributed by atoms with Gasteiger partial charge in [0.25, 0.3) is 20.2 Å². The van der Waals surface area contributed by atoms with Crippen LogP contribution in [0.5, 0.6) is 0 Å². The molecule has 0 aliphatic heterocycles. The van der Waals surface area contributed by atoms with Crippen molar-refractivity contribution in [3.63, 3.8) is 0 Å². The van der Waals surface area contributed by atoms with Gasteiger partial charge >= 0.3 is 0 Å². The van der Waals surface area contributed by atoms with Crippen LogP contribution in [-0.2, 0) is 29.8 Å². The Bertz CT molecular complexity index is 2730. The Balaban J connectivity index is 1.27. The van der Waals surface area contributed by atoms with E-state index in [1.165, 1.54) is 72.8 Å². The second-order valence-electron chi connectivity index (χ2n) is 11.5. The molecule has 6 rings (SSSR count). The molecule has 20 nitrogen and oxygen atoms in total. The molecular formula is C34H25N9O11S2. The van der Waals surface area contributed by atoms with E-state index < -0.39 is 75.6 Å². The van der Waals surface area contributed by atoms with Crippen molar-refractivity contribution in [3.8, 4) is 0 Å². The first kappa shape index (κ1) is 38.3. The number of Topliss-reactive ketones (excluding diaryl/α,β-unsaturated/α-hetero) is 1. The van der Waals surface area contributed by atoms with Gasteiger partial charge in [0.05, 0.1) is 34.0 Å². The number of carbonyl (C=O) groups is 3. The summed E-state index contributed by atoms with van der Waals surface area (Å²) in [6, 6.07) is 12.4. The number of nitrogens with zero attached hydrogens (tertiary/aromatic N) is 5. The van der Waals surface area contributed by atoms with Crippen molar-refractivity contribution in [1.82, 2.24) is 0 Å². The molecule has 0 heterocycles. The average Bonchev–Trinajstić information content (AvgIpc) is 3.13. The van der Waals surface area contributed by atoms with Crippen molar-refractivity contribution < 1.29 is 50.5 Å². The summed E-state index contributed by atoms with van der Waals surface area (Å²) in [5, 5.41) is 39.4. The lowest BCUT2D eigenvalue weighted by molar-refractivity contribution is -0.111. The van der Waals surface area contributed by atoms with Gasteiger partial charge in [0.1, 0.15) is 38.4 Å². The van der Waals surface area contributed by atoms with Crippen molar-refractivity contribution in [1.29, 1.82) is 0 Å². The number of hydrogen-bond acceptors (Lipinski definition) is 18. The fourth-order valence-electron chi connectivity index (χ4n) is 4.99. The molecule has 9 N–H and O–H groups in total. The number of nitrogens with two attached hydrogens (primary N) is 1. The predicted octanol–water partition coefficient (Wildman–Crippen LogP) is 4.52. The van der Waals surface area contributed by atoms with E-state index in [0.717, 1.165) is 24.3 Å². The molecule has 0 saturated heterocycles. The van der Waals surface area contributed by atoms with Gasteiger partial charge in [-0.1, -0.05) is 0 Å². The Morgan fingerprint density at radius 1 is 0.607 bits per heavy atom. The molecule has 3 aliphatic rings. The van der Waals surface area contributed by atoms with E-state index in [2.05, 4.69) is 41.8 Å². The van der Waals surface area contributed by atoms with Gasteiger partial charge in [-0.25, -0.2) is 0 Å². The van der Waals surface area contributed by atoms with Crippen LogP contribution in [0.2, 0.25) is 0 Å². The fraction of sp³-hybridized carbons (Fsp3) is 0. The van der Waals surface area contributed by atoms with Crippen LogP contribution in [0.4, 0.5) is 34.1 Å². The number of azo groups is 1. The maximum absolute atomic E-state index is 13.8. The molecule has 56 heavy (non-hydrogen) atoms. The van der Waals surface area contributed by atoms with Crippen molar-refractivity contribution in [2.24, 2.45) is 25.5 Å². The Morgan fingerprint density at radius 2 is 1.09 bits per heavy atom. The molecule has 284 valence electrons. The largest absolute Gasteiger partial charge is 0.505 e. The number of aliphatic hydroxyl groups is 2. The van der Waals surface area contributed by atoms with E-state index in [1.807, 2.05) is 0 Å². The Hall–Kier alpha value is -7.40. The van der Waals surface area contributed by atoms with Gasteiger partial charge in [-0.2, -0.15) is 37.3 Å². The molecule has 3 aliphatic carbocycles. The van der Waals surface area contributed by atoms with Gasteiger partial charge in [-0.15, -0.1) is 5.11 Å². The van der Waals surface area contributed by atoms with Gasteiger partial charge in [-0.05, 0) is 90.5 Å². The summed E-state index contributed by atoms with van der Waals surface area (Å²) >= 11 is 0. The quantitative estimate of drug-likeness (QED) is 0.0459. The Kier molecular flexibility index (Phi) is 10.4. The van der Waals surface area contributed by atoms with E-state index in [0.29, 0.717) is 11.4 Å². The number of nitrogens with one attached hydrogen (secondary N) is 3. The van der Waals surface area contributed by atoms with E-state index in [4.69, 9.17) is 5.73 Å². The normalized spacial score (nSPS) is 17.9. The number of nitrogen functional groups attached to an aromatic ring is 1. The molecule has 0 unspecified atom stereocenters. The number of benzene rings is 3. The number of rotatable bonds is 10. The van der Waals surface area contributed by atoms with Crippen molar-refractivity contribution in [2.75, 3.05) is 22.0 Å². The zero-order valence-electron chi connectivity index (χ0n) is 28.0. The maximum Gasteiger partial charge on any atom is 0.296 e. The first-order valence-electron chi connectivity index (χ1n) is 15.6. The standard InChI is InChI=1S/C34H25N9O11S2/c35-31-30-17(13-28(55(49,50)51)32(31)42-38-20-5-1-18(2-6-20)36-40-24-11-9-22(44)15-26(24)46)14-29(56(52,53)54)33(34(30)48)43-39-21-7-3-19(4-8-21)37-41-25-12-10-23(45)16-27(25)47/h1-16,36-37,39,46-47H,35H2,(H,49,50,51)(H,52,53,54)/b40-24-,41-25-,42-38?,43-33+. The first-order chi connectivity index (χ1) is 26.5. The predicted molar refractivity (Wildman–Crippen MR) is 204 cm³/mol. The number of aliphatic hydroxyl groups excluding tert-OH is 2. The number of fused-ring (bicyclic) bond motifs is 1. The van der Waals surface area contributed by atoms with E-state index in [9.17, 15) is 50.5 Å². The SMILES string of the molecule is Nc1c(N=Nc2ccc(N/N=C3/C=CC(=O)C=C3O)cc2)c(S(=O)(=O)O)cc2c1C(=O)/C(=N/Nc1ccc(N/N=C3/C=CC(=O)C=C3O)cc1)C(S(=O)(=O)O)=C2. The number of ketones is 3. The van der Waals surface area contributed by atoms with Gasteiger partial charge < -0.3 is 15.9 Å². The lowest BCUT2D eigenvalue weighted by Crippen LogP contribution is -2.28. The molecule has 3 aromatic carbocycles. The maximum atomic E-state index is 13.8. The molecule has 3 aromatic rings. The van der Waals surface area contributed by atoms with Crippen LogP contribution in [-0.4, -0.2) is 70.6 Å². The number of allylic oxidation sites excluding steroid dienone is 7. The number of anilines is 4.